The van der Waals surface area contributed by atoms with Gasteiger partial charge in [0.05, 0.1) is 4.90 Å². The molecule has 0 unspecified atom stereocenters. The molecule has 2 rings (SSSR count). The molecule has 0 spiro atoms. The van der Waals surface area contributed by atoms with Crippen molar-refractivity contribution >= 4 is 21.8 Å². The topological polar surface area (TPSA) is 49.4 Å². The van der Waals surface area contributed by atoms with Crippen molar-refractivity contribution in [1.29, 1.82) is 0 Å². The molecule has 0 bridgehead atoms. The van der Waals surface area contributed by atoms with Crippen LogP contribution in [0.3, 0.4) is 0 Å². The van der Waals surface area contributed by atoms with E-state index in [9.17, 15) is 8.42 Å². The second-order valence-corrected chi connectivity index (χ2v) is 8.57. The summed E-state index contributed by atoms with van der Waals surface area (Å²) in [7, 11) is -1.52. The fraction of sp³-hybridized carbons (Fsp3) is 0.600. The van der Waals surface area contributed by atoms with Crippen molar-refractivity contribution in [3.8, 4) is 0 Å². The summed E-state index contributed by atoms with van der Waals surface area (Å²) >= 11 is 1.83. The second kappa shape index (κ2) is 7.13. The summed E-state index contributed by atoms with van der Waals surface area (Å²) in [5.41, 5.74) is 2.92. The number of rotatable bonds is 4. The first-order valence-corrected chi connectivity index (χ1v) is 9.89. The quantitative estimate of drug-likeness (QED) is 0.920. The van der Waals surface area contributed by atoms with Crippen molar-refractivity contribution in [2.75, 3.05) is 31.6 Å². The van der Waals surface area contributed by atoms with E-state index >= 15 is 0 Å². The molecule has 118 valence electrons. The zero-order chi connectivity index (χ0) is 15.5. The molecule has 21 heavy (non-hydrogen) atoms. The standard InChI is InChI=1S/C15H24N2O2S2/c1-12-9-14(11-16-3)10-15(13(12)2)21(18,19)17-5-4-7-20-8-6-17/h9-10,16H,4-8,11H2,1-3H3. The second-order valence-electron chi connectivity index (χ2n) is 5.44. The van der Waals surface area contributed by atoms with Crippen LogP contribution in [0.5, 0.6) is 0 Å². The van der Waals surface area contributed by atoms with E-state index in [-0.39, 0.29) is 0 Å². The molecule has 1 N–H and O–H groups in total. The van der Waals surface area contributed by atoms with Crippen LogP contribution in [0.4, 0.5) is 0 Å². The number of aryl methyl sites for hydroxylation is 1. The molecule has 0 atom stereocenters. The predicted molar refractivity (Wildman–Crippen MR) is 89.4 cm³/mol. The Balaban J connectivity index is 2.42. The molecule has 1 aliphatic rings. The van der Waals surface area contributed by atoms with E-state index < -0.39 is 10.0 Å². The smallest absolute Gasteiger partial charge is 0.243 e. The highest BCUT2D eigenvalue weighted by Gasteiger charge is 2.27. The van der Waals surface area contributed by atoms with Crippen LogP contribution >= 0.6 is 11.8 Å². The maximum atomic E-state index is 13.0. The minimum atomic E-state index is -3.39. The first kappa shape index (κ1) is 16.8. The molecular weight excluding hydrogens is 304 g/mol. The van der Waals surface area contributed by atoms with Crippen LogP contribution in [0.2, 0.25) is 0 Å². The van der Waals surface area contributed by atoms with Gasteiger partial charge in [-0.2, -0.15) is 16.1 Å². The first-order valence-electron chi connectivity index (χ1n) is 7.29. The van der Waals surface area contributed by atoms with E-state index in [0.29, 0.717) is 24.5 Å². The Morgan fingerprint density at radius 2 is 2.00 bits per heavy atom. The molecule has 1 fully saturated rings. The lowest BCUT2D eigenvalue weighted by molar-refractivity contribution is 0.434. The molecule has 0 radical (unpaired) electrons. The third-order valence-electron chi connectivity index (χ3n) is 3.86. The van der Waals surface area contributed by atoms with Gasteiger partial charge in [0.1, 0.15) is 0 Å². The number of hydrogen-bond donors (Lipinski definition) is 1. The molecule has 1 aromatic carbocycles. The SMILES string of the molecule is CNCc1cc(C)c(C)c(S(=O)(=O)N2CCCSCC2)c1. The van der Waals surface area contributed by atoms with E-state index in [1.165, 1.54) is 0 Å². The van der Waals surface area contributed by atoms with Crippen LogP contribution in [-0.2, 0) is 16.6 Å². The van der Waals surface area contributed by atoms with Crippen molar-refractivity contribution in [2.24, 2.45) is 0 Å². The molecule has 1 aromatic rings. The first-order chi connectivity index (χ1) is 9.96. The molecule has 0 aromatic heterocycles. The molecule has 0 saturated carbocycles. The molecule has 0 aliphatic carbocycles. The monoisotopic (exact) mass is 328 g/mol. The Hall–Kier alpha value is -0.560. The number of hydrogen-bond acceptors (Lipinski definition) is 4. The van der Waals surface area contributed by atoms with Gasteiger partial charge in [-0.1, -0.05) is 6.07 Å². The minimum Gasteiger partial charge on any atom is -0.316 e. The van der Waals surface area contributed by atoms with Crippen molar-refractivity contribution in [3.05, 3.63) is 28.8 Å². The number of sulfonamides is 1. The van der Waals surface area contributed by atoms with E-state index in [4.69, 9.17) is 0 Å². The summed E-state index contributed by atoms with van der Waals surface area (Å²) in [4.78, 5) is 0.472. The normalized spacial score (nSPS) is 17.7. The average molecular weight is 329 g/mol. The minimum absolute atomic E-state index is 0.472. The van der Waals surface area contributed by atoms with Gasteiger partial charge in [0.2, 0.25) is 10.0 Å². The molecule has 0 amide bonds. The summed E-state index contributed by atoms with van der Waals surface area (Å²) in [6.45, 7) is 5.80. The number of nitrogens with zero attached hydrogens (tertiary/aromatic N) is 1. The van der Waals surface area contributed by atoms with Crippen LogP contribution in [-0.4, -0.2) is 44.4 Å². The molecular formula is C15H24N2O2S2. The number of benzene rings is 1. The van der Waals surface area contributed by atoms with Crippen molar-refractivity contribution in [1.82, 2.24) is 9.62 Å². The lowest BCUT2D eigenvalue weighted by Crippen LogP contribution is -2.33. The molecule has 1 heterocycles. The van der Waals surface area contributed by atoms with Crippen LogP contribution in [0.25, 0.3) is 0 Å². The predicted octanol–water partition coefficient (Wildman–Crippen LogP) is 2.15. The Morgan fingerprint density at radius 3 is 2.71 bits per heavy atom. The highest BCUT2D eigenvalue weighted by molar-refractivity contribution is 7.99. The van der Waals surface area contributed by atoms with Crippen LogP contribution in [0.15, 0.2) is 17.0 Å². The van der Waals surface area contributed by atoms with E-state index in [0.717, 1.165) is 34.6 Å². The van der Waals surface area contributed by atoms with Gasteiger partial charge in [-0.3, -0.25) is 0 Å². The largest absolute Gasteiger partial charge is 0.316 e. The summed E-state index contributed by atoms with van der Waals surface area (Å²) in [6.07, 6.45) is 0.929. The van der Waals surface area contributed by atoms with Crippen LogP contribution in [0, 0.1) is 13.8 Å². The molecule has 6 heteroatoms. The van der Waals surface area contributed by atoms with Gasteiger partial charge in [-0.05, 0) is 55.8 Å². The third kappa shape index (κ3) is 3.80. The van der Waals surface area contributed by atoms with E-state index in [1.807, 2.05) is 38.7 Å². The maximum absolute atomic E-state index is 13.0. The Morgan fingerprint density at radius 1 is 1.24 bits per heavy atom. The van der Waals surface area contributed by atoms with Gasteiger partial charge in [-0.25, -0.2) is 8.42 Å². The van der Waals surface area contributed by atoms with Crippen molar-refractivity contribution < 1.29 is 8.42 Å². The zero-order valence-corrected chi connectivity index (χ0v) is 14.6. The summed E-state index contributed by atoms with van der Waals surface area (Å²) in [5, 5.41) is 3.09. The van der Waals surface area contributed by atoms with Gasteiger partial charge < -0.3 is 5.32 Å². The van der Waals surface area contributed by atoms with Crippen molar-refractivity contribution in [3.63, 3.8) is 0 Å². The summed E-state index contributed by atoms with van der Waals surface area (Å²) in [6, 6.07) is 3.88. The fourth-order valence-electron chi connectivity index (χ4n) is 2.58. The molecule has 1 aliphatic heterocycles. The molecule has 4 nitrogen and oxygen atoms in total. The Kier molecular flexibility index (Phi) is 5.71. The van der Waals surface area contributed by atoms with E-state index in [1.54, 1.807) is 4.31 Å². The number of nitrogens with one attached hydrogen (secondary N) is 1. The molecule has 1 saturated heterocycles. The van der Waals surface area contributed by atoms with Gasteiger partial charge in [0, 0.05) is 25.4 Å². The highest BCUT2D eigenvalue weighted by atomic mass is 32.2. The highest BCUT2D eigenvalue weighted by Crippen LogP contribution is 2.26. The van der Waals surface area contributed by atoms with Crippen LogP contribution < -0.4 is 5.32 Å². The zero-order valence-electron chi connectivity index (χ0n) is 13.0. The van der Waals surface area contributed by atoms with Gasteiger partial charge >= 0.3 is 0 Å². The number of thioether (sulfide) groups is 1. The van der Waals surface area contributed by atoms with Crippen LogP contribution in [0.1, 0.15) is 23.1 Å². The van der Waals surface area contributed by atoms with Crippen molar-refractivity contribution in [2.45, 2.75) is 31.7 Å². The van der Waals surface area contributed by atoms with Gasteiger partial charge in [-0.15, -0.1) is 0 Å². The van der Waals surface area contributed by atoms with Gasteiger partial charge in [0.15, 0.2) is 0 Å². The lowest BCUT2D eigenvalue weighted by Gasteiger charge is -2.22. The fourth-order valence-corrected chi connectivity index (χ4v) is 5.41. The summed E-state index contributed by atoms with van der Waals surface area (Å²) in [5.74, 6) is 1.93. The lowest BCUT2D eigenvalue weighted by atomic mass is 10.1. The summed E-state index contributed by atoms with van der Waals surface area (Å²) < 4.78 is 27.6. The van der Waals surface area contributed by atoms with E-state index in [2.05, 4.69) is 11.4 Å². The van der Waals surface area contributed by atoms with Gasteiger partial charge in [0.25, 0.3) is 0 Å². The average Bonchev–Trinajstić information content (AvgIpc) is 2.72. The maximum Gasteiger partial charge on any atom is 0.243 e. The Bertz CT molecular complexity index is 592. The third-order valence-corrected chi connectivity index (χ3v) is 6.93. The Labute approximate surface area is 132 Å².